The van der Waals surface area contributed by atoms with E-state index in [4.69, 9.17) is 10.3 Å². The average molecular weight is 393 g/mol. The van der Waals surface area contributed by atoms with Gasteiger partial charge in [-0.1, -0.05) is 35.5 Å². The zero-order valence-corrected chi connectivity index (χ0v) is 16.1. The van der Waals surface area contributed by atoms with Crippen molar-refractivity contribution < 1.29 is 9.32 Å². The lowest BCUT2D eigenvalue weighted by Crippen LogP contribution is -2.33. The van der Waals surface area contributed by atoms with Crippen molar-refractivity contribution in [3.05, 3.63) is 52.6 Å². The van der Waals surface area contributed by atoms with Crippen LogP contribution in [0.25, 0.3) is 11.3 Å². The van der Waals surface area contributed by atoms with Gasteiger partial charge in [0.05, 0.1) is 5.69 Å². The van der Waals surface area contributed by atoms with Crippen molar-refractivity contribution in [3.63, 3.8) is 0 Å². The van der Waals surface area contributed by atoms with Gasteiger partial charge in [0.25, 0.3) is 0 Å². The lowest BCUT2D eigenvalue weighted by molar-refractivity contribution is 0.100. The van der Waals surface area contributed by atoms with Crippen molar-refractivity contribution in [1.82, 2.24) is 10.5 Å². The fourth-order valence-electron chi connectivity index (χ4n) is 3.33. The summed E-state index contributed by atoms with van der Waals surface area (Å²) in [7, 11) is 1.93. The van der Waals surface area contributed by atoms with Crippen molar-refractivity contribution in [3.8, 4) is 17.3 Å². The highest BCUT2D eigenvalue weighted by Crippen LogP contribution is 2.40. The molecule has 1 fully saturated rings. The van der Waals surface area contributed by atoms with Gasteiger partial charge < -0.3 is 20.5 Å². The molecule has 4 rings (SSSR count). The number of nitrogens with zero attached hydrogens (tertiary/aromatic N) is 3. The molecule has 0 aliphatic carbocycles. The molecule has 0 amide bonds. The van der Waals surface area contributed by atoms with Crippen molar-refractivity contribution in [1.29, 1.82) is 5.26 Å². The molecule has 0 saturated carbocycles. The van der Waals surface area contributed by atoms with Gasteiger partial charge in [0.15, 0.2) is 0 Å². The Labute approximate surface area is 166 Å². The van der Waals surface area contributed by atoms with Crippen molar-refractivity contribution >= 4 is 27.8 Å². The van der Waals surface area contributed by atoms with Gasteiger partial charge >= 0.3 is 0 Å². The lowest BCUT2D eigenvalue weighted by atomic mass is 10.1. The molecule has 0 bridgehead atoms. The van der Waals surface area contributed by atoms with Crippen LogP contribution in [0.4, 0.5) is 10.7 Å². The molecule has 28 heavy (non-hydrogen) atoms. The van der Waals surface area contributed by atoms with Crippen LogP contribution in [0.2, 0.25) is 0 Å². The van der Waals surface area contributed by atoms with E-state index in [1.54, 1.807) is 6.07 Å². The van der Waals surface area contributed by atoms with Gasteiger partial charge in [0.1, 0.15) is 27.2 Å². The number of ketones is 1. The number of benzene rings is 1. The Kier molecular flexibility index (Phi) is 4.86. The lowest BCUT2D eigenvalue weighted by Gasteiger charge is -2.24. The number of hydrogen-bond acceptors (Lipinski definition) is 8. The third-order valence-electron chi connectivity index (χ3n) is 4.95. The van der Waals surface area contributed by atoms with Crippen molar-refractivity contribution in [2.24, 2.45) is 0 Å². The van der Waals surface area contributed by atoms with Gasteiger partial charge in [-0.05, 0) is 13.0 Å². The molecule has 1 unspecified atom stereocenters. The fourth-order valence-corrected chi connectivity index (χ4v) is 4.48. The number of thiophene rings is 1. The van der Waals surface area contributed by atoms with Crippen LogP contribution in [-0.2, 0) is 0 Å². The van der Waals surface area contributed by atoms with Gasteiger partial charge in [-0.25, -0.2) is 0 Å². The largest absolute Gasteiger partial charge is 0.396 e. The normalized spacial score (nSPS) is 16.1. The summed E-state index contributed by atoms with van der Waals surface area (Å²) in [6.45, 7) is 1.77. The predicted octanol–water partition coefficient (Wildman–Crippen LogP) is 2.89. The number of carbonyl (C=O) groups excluding carboxylic acids is 1. The summed E-state index contributed by atoms with van der Waals surface area (Å²) in [6.07, 6.45) is 0.977. The van der Waals surface area contributed by atoms with E-state index in [-0.39, 0.29) is 23.3 Å². The fraction of sp³-hybridized carbons (Fsp3) is 0.250. The molecule has 142 valence electrons. The van der Waals surface area contributed by atoms with E-state index in [2.05, 4.69) is 16.5 Å². The zero-order chi connectivity index (χ0) is 19.7. The Morgan fingerprint density at radius 3 is 2.89 bits per heavy atom. The summed E-state index contributed by atoms with van der Waals surface area (Å²) in [4.78, 5) is 15.3. The number of anilines is 2. The average Bonchev–Trinajstić information content (AvgIpc) is 3.47. The molecule has 8 heteroatoms. The molecule has 7 nitrogen and oxygen atoms in total. The van der Waals surface area contributed by atoms with Crippen LogP contribution in [0, 0.1) is 11.3 Å². The first kappa shape index (κ1) is 18.2. The first-order valence-electron chi connectivity index (χ1n) is 8.93. The number of carbonyl (C=O) groups is 1. The summed E-state index contributed by atoms with van der Waals surface area (Å²) >= 11 is 1.23. The predicted molar refractivity (Wildman–Crippen MR) is 108 cm³/mol. The maximum absolute atomic E-state index is 13.0. The minimum absolute atomic E-state index is 0.105. The first-order chi connectivity index (χ1) is 13.6. The molecule has 0 radical (unpaired) electrons. The second-order valence-electron chi connectivity index (χ2n) is 6.67. The van der Waals surface area contributed by atoms with Gasteiger partial charge in [-0.15, -0.1) is 11.3 Å². The van der Waals surface area contributed by atoms with E-state index in [0.717, 1.165) is 25.1 Å². The van der Waals surface area contributed by atoms with E-state index in [0.29, 0.717) is 21.1 Å². The maximum atomic E-state index is 13.0. The van der Waals surface area contributed by atoms with Crippen LogP contribution in [0.5, 0.6) is 0 Å². The van der Waals surface area contributed by atoms with Gasteiger partial charge in [-0.3, -0.25) is 4.79 Å². The third kappa shape index (κ3) is 3.15. The molecule has 3 N–H and O–H groups in total. The number of aromatic nitrogens is 1. The molecule has 3 aromatic rings. The van der Waals surface area contributed by atoms with Crippen LogP contribution in [-0.4, -0.2) is 37.1 Å². The number of likely N-dealkylation sites (N-methyl/N-ethyl adjacent to an activating group) is 1. The van der Waals surface area contributed by atoms with Crippen LogP contribution in [0.3, 0.4) is 0 Å². The molecule has 2 aromatic heterocycles. The third-order valence-corrected chi connectivity index (χ3v) is 6.25. The van der Waals surface area contributed by atoms with E-state index >= 15 is 0 Å². The number of nitrogen functional groups attached to an aromatic ring is 1. The number of rotatable bonds is 5. The summed E-state index contributed by atoms with van der Waals surface area (Å²) < 4.78 is 5.28. The quantitative estimate of drug-likeness (QED) is 0.642. The number of hydrogen-bond donors (Lipinski definition) is 2. The summed E-state index contributed by atoms with van der Waals surface area (Å²) in [5.41, 5.74) is 8.14. The summed E-state index contributed by atoms with van der Waals surface area (Å²) in [5.74, 6) is -0.258. The molecule has 1 atom stereocenters. The van der Waals surface area contributed by atoms with E-state index in [1.165, 1.54) is 11.3 Å². The topological polar surface area (TPSA) is 108 Å². The standard InChI is InChI=1S/C20H19N5O2S/c1-25(13-7-8-23-11-13)20-14(10-21)17(22)19(28-20)18(26)16-9-15(24-27-16)12-5-3-2-4-6-12/h2-6,9,13,23H,7-8,11,22H2,1H3. The Hall–Kier alpha value is -3.15. The molecule has 1 aliphatic heterocycles. The van der Waals surface area contributed by atoms with Crippen molar-refractivity contribution in [2.45, 2.75) is 12.5 Å². The van der Waals surface area contributed by atoms with Gasteiger partial charge in [-0.2, -0.15) is 5.26 Å². The number of nitriles is 1. The minimum atomic E-state index is -0.363. The Morgan fingerprint density at radius 1 is 1.43 bits per heavy atom. The zero-order valence-electron chi connectivity index (χ0n) is 15.3. The SMILES string of the molecule is CN(c1sc(C(=O)c2cc(-c3ccccc3)no2)c(N)c1C#N)C1CCNC1. The summed E-state index contributed by atoms with van der Waals surface area (Å²) in [6, 6.07) is 13.5. The van der Waals surface area contributed by atoms with Crippen molar-refractivity contribution in [2.75, 3.05) is 30.8 Å². The van der Waals surface area contributed by atoms with E-state index in [1.807, 2.05) is 42.3 Å². The molecule has 0 spiro atoms. The highest BCUT2D eigenvalue weighted by molar-refractivity contribution is 7.19. The van der Waals surface area contributed by atoms with Crippen LogP contribution >= 0.6 is 11.3 Å². The Morgan fingerprint density at radius 2 is 2.21 bits per heavy atom. The molecular weight excluding hydrogens is 374 g/mol. The second kappa shape index (κ2) is 7.46. The smallest absolute Gasteiger partial charge is 0.243 e. The highest BCUT2D eigenvalue weighted by Gasteiger charge is 2.29. The van der Waals surface area contributed by atoms with Gasteiger partial charge in [0.2, 0.25) is 11.5 Å². The van der Waals surface area contributed by atoms with Crippen LogP contribution in [0.15, 0.2) is 40.9 Å². The maximum Gasteiger partial charge on any atom is 0.243 e. The van der Waals surface area contributed by atoms with Gasteiger partial charge in [0, 0.05) is 31.3 Å². The molecule has 3 heterocycles. The number of nitrogens with one attached hydrogen (secondary N) is 1. The van der Waals surface area contributed by atoms with Crippen LogP contribution < -0.4 is 16.0 Å². The Bertz CT molecular complexity index is 1040. The van der Waals surface area contributed by atoms with E-state index < -0.39 is 0 Å². The second-order valence-corrected chi connectivity index (χ2v) is 7.66. The molecule has 1 saturated heterocycles. The monoisotopic (exact) mass is 393 g/mol. The first-order valence-corrected chi connectivity index (χ1v) is 9.74. The van der Waals surface area contributed by atoms with E-state index in [9.17, 15) is 10.1 Å². The van der Waals surface area contributed by atoms with Crippen LogP contribution in [0.1, 0.15) is 27.4 Å². The number of nitrogens with two attached hydrogens (primary N) is 1. The minimum Gasteiger partial charge on any atom is -0.396 e. The Balaban J connectivity index is 1.67. The molecular formula is C20H19N5O2S. The summed E-state index contributed by atoms with van der Waals surface area (Å²) in [5, 5.41) is 17.6. The highest BCUT2D eigenvalue weighted by atomic mass is 32.1. The molecule has 1 aromatic carbocycles. The molecule has 1 aliphatic rings.